The number of hydrogen-bond acceptors (Lipinski definition) is 3. The third-order valence-corrected chi connectivity index (χ3v) is 5.20. The maximum Gasteiger partial charge on any atom is 0.240 e. The van der Waals surface area contributed by atoms with Crippen molar-refractivity contribution in [3.63, 3.8) is 0 Å². The standard InChI is InChI=1S/C15H24N2O2S/c1-13-10-14(2)12-17(11-13)9-8-16-20(18,19)15-6-4-3-5-7-15/h3-7,13-14,16H,8-12H2,1-2H3. The van der Waals surface area contributed by atoms with Crippen LogP contribution in [0.4, 0.5) is 0 Å². The SMILES string of the molecule is CC1CC(C)CN(CCNS(=O)(=O)c2ccccc2)C1. The highest BCUT2D eigenvalue weighted by Crippen LogP contribution is 2.20. The van der Waals surface area contributed by atoms with Gasteiger partial charge >= 0.3 is 0 Å². The molecule has 1 aliphatic rings. The molecule has 4 nitrogen and oxygen atoms in total. The van der Waals surface area contributed by atoms with E-state index in [4.69, 9.17) is 0 Å². The quantitative estimate of drug-likeness (QED) is 0.903. The van der Waals surface area contributed by atoms with E-state index in [1.54, 1.807) is 24.3 Å². The Morgan fingerprint density at radius 1 is 1.15 bits per heavy atom. The second-order valence-corrected chi connectivity index (χ2v) is 7.68. The van der Waals surface area contributed by atoms with Crippen LogP contribution in [0.5, 0.6) is 0 Å². The molecule has 2 atom stereocenters. The highest BCUT2D eigenvalue weighted by atomic mass is 32.2. The van der Waals surface area contributed by atoms with Crippen LogP contribution in [-0.4, -0.2) is 39.5 Å². The van der Waals surface area contributed by atoms with Crippen LogP contribution >= 0.6 is 0 Å². The minimum atomic E-state index is -3.36. The molecule has 1 saturated heterocycles. The Morgan fingerprint density at radius 2 is 1.75 bits per heavy atom. The molecule has 0 bridgehead atoms. The van der Waals surface area contributed by atoms with Gasteiger partial charge in [0, 0.05) is 26.2 Å². The lowest BCUT2D eigenvalue weighted by molar-refractivity contribution is 0.143. The van der Waals surface area contributed by atoms with Gasteiger partial charge in [0.25, 0.3) is 0 Å². The number of sulfonamides is 1. The average molecular weight is 296 g/mol. The lowest BCUT2D eigenvalue weighted by atomic mass is 9.92. The Bertz CT molecular complexity index is 506. The van der Waals surface area contributed by atoms with E-state index in [2.05, 4.69) is 23.5 Å². The van der Waals surface area contributed by atoms with Gasteiger partial charge in [0.2, 0.25) is 10.0 Å². The molecule has 1 fully saturated rings. The maximum atomic E-state index is 12.1. The molecule has 112 valence electrons. The summed E-state index contributed by atoms with van der Waals surface area (Å²) in [7, 11) is -3.36. The first kappa shape index (κ1) is 15.5. The van der Waals surface area contributed by atoms with Gasteiger partial charge in [-0.1, -0.05) is 32.0 Å². The minimum absolute atomic E-state index is 0.334. The van der Waals surface area contributed by atoms with Crippen LogP contribution in [-0.2, 0) is 10.0 Å². The lowest BCUT2D eigenvalue weighted by Crippen LogP contribution is -2.42. The summed E-state index contributed by atoms with van der Waals surface area (Å²) in [6.07, 6.45) is 1.27. The number of nitrogens with zero attached hydrogens (tertiary/aromatic N) is 1. The summed E-state index contributed by atoms with van der Waals surface area (Å²) in [6, 6.07) is 8.53. The summed E-state index contributed by atoms with van der Waals surface area (Å²) in [5.74, 6) is 1.40. The van der Waals surface area contributed by atoms with E-state index in [0.29, 0.717) is 23.3 Å². The van der Waals surface area contributed by atoms with Crippen LogP contribution in [0.1, 0.15) is 20.3 Å². The number of likely N-dealkylation sites (tertiary alicyclic amines) is 1. The fourth-order valence-corrected chi connectivity index (χ4v) is 4.04. The zero-order valence-corrected chi connectivity index (χ0v) is 13.1. The molecule has 1 aromatic carbocycles. The van der Waals surface area contributed by atoms with Crippen LogP contribution in [0, 0.1) is 11.8 Å². The topological polar surface area (TPSA) is 49.4 Å². The second kappa shape index (κ2) is 6.70. The summed E-state index contributed by atoms with van der Waals surface area (Å²) in [4.78, 5) is 2.69. The van der Waals surface area contributed by atoms with Gasteiger partial charge in [0.05, 0.1) is 4.90 Å². The van der Waals surface area contributed by atoms with Gasteiger partial charge in [-0.2, -0.15) is 0 Å². The first-order chi connectivity index (χ1) is 9.47. The van der Waals surface area contributed by atoms with Crippen LogP contribution in [0.15, 0.2) is 35.2 Å². The van der Waals surface area contributed by atoms with Crippen molar-refractivity contribution in [2.45, 2.75) is 25.2 Å². The molecule has 1 aromatic rings. The fourth-order valence-electron chi connectivity index (χ4n) is 3.00. The molecule has 2 unspecified atom stereocenters. The Kier molecular flexibility index (Phi) is 5.18. The van der Waals surface area contributed by atoms with Crippen LogP contribution in [0.2, 0.25) is 0 Å². The molecular formula is C15H24N2O2S. The highest BCUT2D eigenvalue weighted by molar-refractivity contribution is 7.89. The average Bonchev–Trinajstić information content (AvgIpc) is 2.38. The van der Waals surface area contributed by atoms with Crippen LogP contribution in [0.3, 0.4) is 0 Å². The zero-order valence-electron chi connectivity index (χ0n) is 12.2. The molecule has 5 heteroatoms. The first-order valence-electron chi connectivity index (χ1n) is 7.24. The molecule has 1 N–H and O–H groups in total. The molecule has 0 saturated carbocycles. The smallest absolute Gasteiger partial charge is 0.240 e. The van der Waals surface area contributed by atoms with Crippen LogP contribution in [0.25, 0.3) is 0 Å². The van der Waals surface area contributed by atoms with E-state index < -0.39 is 10.0 Å². The van der Waals surface area contributed by atoms with Crippen molar-refractivity contribution in [1.82, 2.24) is 9.62 Å². The lowest BCUT2D eigenvalue weighted by Gasteiger charge is -2.34. The van der Waals surface area contributed by atoms with Crippen molar-refractivity contribution >= 4 is 10.0 Å². The third kappa shape index (κ3) is 4.30. The number of rotatable bonds is 5. The summed E-state index contributed by atoms with van der Waals surface area (Å²) in [6.45, 7) is 7.90. The third-order valence-electron chi connectivity index (χ3n) is 3.72. The number of piperidine rings is 1. The van der Waals surface area contributed by atoms with E-state index in [1.807, 2.05) is 6.07 Å². The van der Waals surface area contributed by atoms with Gasteiger partial charge in [0.15, 0.2) is 0 Å². The number of hydrogen-bond donors (Lipinski definition) is 1. The minimum Gasteiger partial charge on any atom is -0.302 e. The van der Waals surface area contributed by atoms with Gasteiger partial charge in [-0.05, 0) is 30.4 Å². The van der Waals surface area contributed by atoms with E-state index in [-0.39, 0.29) is 0 Å². The summed E-state index contributed by atoms with van der Waals surface area (Å²) in [5, 5.41) is 0. The Balaban J connectivity index is 1.84. The van der Waals surface area contributed by atoms with E-state index in [9.17, 15) is 8.42 Å². The van der Waals surface area contributed by atoms with Crippen molar-refractivity contribution in [3.8, 4) is 0 Å². The molecule has 2 rings (SSSR count). The summed E-state index contributed by atoms with van der Waals surface area (Å²) in [5.41, 5.74) is 0. The molecular weight excluding hydrogens is 272 g/mol. The van der Waals surface area contributed by atoms with Gasteiger partial charge < -0.3 is 4.90 Å². The Hall–Kier alpha value is -0.910. The van der Waals surface area contributed by atoms with Gasteiger partial charge in [-0.3, -0.25) is 0 Å². The van der Waals surface area contributed by atoms with Crippen LogP contribution < -0.4 is 4.72 Å². The predicted molar refractivity (Wildman–Crippen MR) is 81.0 cm³/mol. The summed E-state index contributed by atoms with van der Waals surface area (Å²) < 4.78 is 26.8. The molecule has 1 aliphatic heterocycles. The van der Waals surface area contributed by atoms with Crippen molar-refractivity contribution in [2.75, 3.05) is 26.2 Å². The fraction of sp³-hybridized carbons (Fsp3) is 0.600. The van der Waals surface area contributed by atoms with Crippen molar-refractivity contribution in [2.24, 2.45) is 11.8 Å². The monoisotopic (exact) mass is 296 g/mol. The van der Waals surface area contributed by atoms with Crippen molar-refractivity contribution in [1.29, 1.82) is 0 Å². The van der Waals surface area contributed by atoms with Crippen molar-refractivity contribution < 1.29 is 8.42 Å². The first-order valence-corrected chi connectivity index (χ1v) is 8.73. The summed E-state index contributed by atoms with van der Waals surface area (Å²) >= 11 is 0. The molecule has 0 radical (unpaired) electrons. The van der Waals surface area contributed by atoms with E-state index in [0.717, 1.165) is 19.6 Å². The predicted octanol–water partition coefficient (Wildman–Crippen LogP) is 1.94. The largest absolute Gasteiger partial charge is 0.302 e. The van der Waals surface area contributed by atoms with Crippen molar-refractivity contribution in [3.05, 3.63) is 30.3 Å². The molecule has 0 amide bonds. The van der Waals surface area contributed by atoms with Gasteiger partial charge in [-0.25, -0.2) is 13.1 Å². The molecule has 0 aromatic heterocycles. The Morgan fingerprint density at radius 3 is 2.35 bits per heavy atom. The molecule has 0 aliphatic carbocycles. The number of benzene rings is 1. The van der Waals surface area contributed by atoms with Gasteiger partial charge in [-0.15, -0.1) is 0 Å². The molecule has 0 spiro atoms. The number of nitrogens with one attached hydrogen (secondary N) is 1. The normalized spacial score (nSPS) is 24.7. The zero-order chi connectivity index (χ0) is 14.6. The Labute approximate surface area is 122 Å². The highest BCUT2D eigenvalue weighted by Gasteiger charge is 2.21. The second-order valence-electron chi connectivity index (χ2n) is 5.92. The van der Waals surface area contributed by atoms with E-state index >= 15 is 0 Å². The molecule has 1 heterocycles. The maximum absolute atomic E-state index is 12.1. The molecule has 20 heavy (non-hydrogen) atoms. The van der Waals surface area contributed by atoms with E-state index in [1.165, 1.54) is 6.42 Å². The van der Waals surface area contributed by atoms with Gasteiger partial charge in [0.1, 0.15) is 0 Å².